The molecule has 7 nitrogen and oxygen atoms in total. The van der Waals surface area contributed by atoms with Crippen LogP contribution in [0.5, 0.6) is 0 Å². The lowest BCUT2D eigenvalue weighted by Crippen LogP contribution is -2.47. The monoisotopic (exact) mass is 277 g/mol. The number of nitrogens with one attached hydrogen (secondary N) is 1. The van der Waals surface area contributed by atoms with Gasteiger partial charge >= 0.3 is 11.1 Å². The molecule has 1 aromatic carbocycles. The topological polar surface area (TPSA) is 118 Å². The van der Waals surface area contributed by atoms with Crippen molar-refractivity contribution in [2.75, 3.05) is 6.61 Å². The number of hydrogen-bond donors (Lipinski definition) is 3. The van der Waals surface area contributed by atoms with Gasteiger partial charge in [0.25, 0.3) is 5.91 Å². The van der Waals surface area contributed by atoms with Gasteiger partial charge in [-0.1, -0.05) is 0 Å². The van der Waals surface area contributed by atoms with E-state index in [-0.39, 0.29) is 5.52 Å². The summed E-state index contributed by atoms with van der Waals surface area (Å²) in [6.45, 7) is 3.07. The van der Waals surface area contributed by atoms with Crippen LogP contribution in [0.4, 0.5) is 0 Å². The van der Waals surface area contributed by atoms with Crippen molar-refractivity contribution in [3.05, 3.63) is 44.0 Å². The van der Waals surface area contributed by atoms with Crippen LogP contribution in [0, 0.1) is 13.8 Å². The summed E-state index contributed by atoms with van der Waals surface area (Å²) in [5, 5.41) is 8.95. The number of carbonyl (C=O) groups excluding carboxylic acids is 1. The summed E-state index contributed by atoms with van der Waals surface area (Å²) in [5.74, 6) is -0.808. The molecule has 0 saturated heterocycles. The highest BCUT2D eigenvalue weighted by atomic mass is 16.3. The van der Waals surface area contributed by atoms with Gasteiger partial charge < -0.3 is 15.8 Å². The Bertz CT molecular complexity index is 804. The van der Waals surface area contributed by atoms with Crippen LogP contribution < -0.4 is 16.9 Å². The van der Waals surface area contributed by atoms with E-state index in [4.69, 9.17) is 10.8 Å². The van der Waals surface area contributed by atoms with Crippen molar-refractivity contribution in [3.8, 4) is 0 Å². The van der Waals surface area contributed by atoms with Crippen LogP contribution in [-0.4, -0.2) is 33.2 Å². The van der Waals surface area contributed by atoms with E-state index >= 15 is 0 Å². The molecule has 0 fully saturated rings. The Morgan fingerprint density at radius 2 is 1.95 bits per heavy atom. The van der Waals surface area contributed by atoms with Crippen LogP contribution in [-0.2, 0) is 0 Å². The molecule has 0 spiro atoms. The van der Waals surface area contributed by atoms with E-state index in [1.54, 1.807) is 12.1 Å². The van der Waals surface area contributed by atoms with E-state index in [2.05, 4.69) is 4.98 Å². The summed E-state index contributed by atoms with van der Waals surface area (Å²) in [7, 11) is 0. The molecule has 106 valence electrons. The average Bonchev–Trinajstić information content (AvgIpc) is 2.41. The summed E-state index contributed by atoms with van der Waals surface area (Å²) < 4.78 is 0.724. The average molecular weight is 277 g/mol. The molecule has 1 atom stereocenters. The van der Waals surface area contributed by atoms with Crippen LogP contribution in [0.3, 0.4) is 0 Å². The minimum atomic E-state index is -1.25. The van der Waals surface area contributed by atoms with E-state index in [1.165, 1.54) is 0 Å². The Hall–Kier alpha value is -2.25. The number of aliphatic hydroxyl groups excluding tert-OH is 1. The first-order valence-electron chi connectivity index (χ1n) is 6.03. The number of aliphatic hydroxyl groups is 1. The zero-order chi connectivity index (χ0) is 15.0. The van der Waals surface area contributed by atoms with Crippen LogP contribution in [0.15, 0.2) is 21.7 Å². The molecule has 1 aromatic heterocycles. The Labute approximate surface area is 113 Å². The van der Waals surface area contributed by atoms with Crippen LogP contribution in [0.25, 0.3) is 11.0 Å². The van der Waals surface area contributed by atoms with E-state index in [0.29, 0.717) is 5.52 Å². The fourth-order valence-electron chi connectivity index (χ4n) is 1.94. The van der Waals surface area contributed by atoms with Gasteiger partial charge in [0, 0.05) is 0 Å². The predicted molar refractivity (Wildman–Crippen MR) is 74.0 cm³/mol. The smallest absolute Gasteiger partial charge is 0.323 e. The van der Waals surface area contributed by atoms with Gasteiger partial charge in [-0.2, -0.15) is 0 Å². The highest BCUT2D eigenvalue weighted by Crippen LogP contribution is 2.15. The van der Waals surface area contributed by atoms with E-state index < -0.39 is 29.7 Å². The lowest BCUT2D eigenvalue weighted by Gasteiger charge is -2.13. The molecule has 0 bridgehead atoms. The molecule has 0 unspecified atom stereocenters. The van der Waals surface area contributed by atoms with E-state index in [0.717, 1.165) is 15.7 Å². The van der Waals surface area contributed by atoms with Crippen molar-refractivity contribution in [1.82, 2.24) is 9.55 Å². The van der Waals surface area contributed by atoms with Crippen molar-refractivity contribution in [3.63, 3.8) is 0 Å². The number of nitrogens with two attached hydrogens (primary N) is 1. The van der Waals surface area contributed by atoms with Crippen LogP contribution in [0.1, 0.15) is 15.9 Å². The van der Waals surface area contributed by atoms with Gasteiger partial charge in [0.15, 0.2) is 0 Å². The summed E-state index contributed by atoms with van der Waals surface area (Å²) >= 11 is 0. The number of rotatable bonds is 2. The van der Waals surface area contributed by atoms with Gasteiger partial charge in [-0.3, -0.25) is 14.4 Å². The van der Waals surface area contributed by atoms with Gasteiger partial charge in [-0.05, 0) is 37.1 Å². The summed E-state index contributed by atoms with van der Waals surface area (Å²) in [6.07, 6.45) is 0. The fourth-order valence-corrected chi connectivity index (χ4v) is 1.94. The molecule has 1 heterocycles. The number of nitrogens with zero attached hydrogens (tertiary/aromatic N) is 1. The highest BCUT2D eigenvalue weighted by Gasteiger charge is 2.20. The maximum absolute atomic E-state index is 12.1. The molecule has 4 N–H and O–H groups in total. The second-order valence-electron chi connectivity index (χ2n) is 4.68. The summed E-state index contributed by atoms with van der Waals surface area (Å²) in [4.78, 5) is 38.0. The number of carbonyl (C=O) groups is 1. The third kappa shape index (κ3) is 2.17. The zero-order valence-corrected chi connectivity index (χ0v) is 11.1. The molecule has 0 saturated carbocycles. The van der Waals surface area contributed by atoms with Gasteiger partial charge in [0.05, 0.1) is 17.6 Å². The lowest BCUT2D eigenvalue weighted by atomic mass is 10.1. The molecule has 20 heavy (non-hydrogen) atoms. The first-order valence-corrected chi connectivity index (χ1v) is 6.03. The quantitative estimate of drug-likeness (QED) is 0.625. The number of hydrogen-bond acceptors (Lipinski definition) is 5. The number of fused-ring (bicyclic) bond motifs is 1. The maximum Gasteiger partial charge on any atom is 0.323 e. The molecule has 2 rings (SSSR count). The van der Waals surface area contributed by atoms with Gasteiger partial charge in [0.1, 0.15) is 6.04 Å². The molecule has 0 aliphatic carbocycles. The summed E-state index contributed by atoms with van der Waals surface area (Å²) in [5.41, 5.74) is 5.97. The first-order chi connectivity index (χ1) is 9.36. The Balaban J connectivity index is 2.91. The van der Waals surface area contributed by atoms with Crippen LogP contribution in [0.2, 0.25) is 0 Å². The normalized spacial score (nSPS) is 12.6. The second kappa shape index (κ2) is 5.03. The fraction of sp³-hybridized carbons (Fsp3) is 0.308. The number of aryl methyl sites for hydroxylation is 2. The molecule has 7 heteroatoms. The molecule has 0 amide bonds. The van der Waals surface area contributed by atoms with Crippen LogP contribution >= 0.6 is 0 Å². The van der Waals surface area contributed by atoms with Crippen molar-refractivity contribution in [2.45, 2.75) is 19.9 Å². The van der Waals surface area contributed by atoms with Crippen molar-refractivity contribution < 1.29 is 9.90 Å². The largest absolute Gasteiger partial charge is 0.394 e. The van der Waals surface area contributed by atoms with Gasteiger partial charge in [-0.25, -0.2) is 4.57 Å². The number of aromatic nitrogens is 2. The number of aromatic amines is 1. The minimum Gasteiger partial charge on any atom is -0.394 e. The molecular weight excluding hydrogens is 262 g/mol. The van der Waals surface area contributed by atoms with E-state index in [9.17, 15) is 14.4 Å². The second-order valence-corrected chi connectivity index (χ2v) is 4.68. The van der Waals surface area contributed by atoms with Gasteiger partial charge in [0.2, 0.25) is 0 Å². The Kier molecular flexibility index (Phi) is 3.56. The predicted octanol–water partition coefficient (Wildman–Crippen LogP) is -0.734. The Morgan fingerprint density at radius 3 is 2.55 bits per heavy atom. The lowest BCUT2D eigenvalue weighted by molar-refractivity contribution is 0.0842. The number of benzene rings is 1. The zero-order valence-electron chi connectivity index (χ0n) is 11.1. The molecular formula is C13H15N3O4. The Morgan fingerprint density at radius 1 is 1.35 bits per heavy atom. The molecule has 0 aliphatic heterocycles. The third-order valence-electron chi connectivity index (χ3n) is 3.23. The number of H-pyrrole nitrogens is 1. The molecule has 0 aliphatic rings. The van der Waals surface area contributed by atoms with E-state index in [1.807, 2.05) is 13.8 Å². The van der Waals surface area contributed by atoms with Crippen molar-refractivity contribution in [2.24, 2.45) is 5.73 Å². The third-order valence-corrected chi connectivity index (χ3v) is 3.23. The summed E-state index contributed by atoms with van der Waals surface area (Å²) in [6, 6.07) is 2.06. The van der Waals surface area contributed by atoms with Gasteiger partial charge in [-0.15, -0.1) is 0 Å². The minimum absolute atomic E-state index is 0.270. The molecule has 2 aromatic rings. The standard InChI is InChI=1S/C13H15N3O4/c1-6-3-9-10(4-7(6)2)16(12(19)8(14)5-17)13(20)11(18)15-9/h3-4,8,17H,5,14H2,1-2H3,(H,15,18)/t8-/m1/s1. The SMILES string of the molecule is Cc1cc2[nH]c(=O)c(=O)n(C(=O)[C@H](N)CO)c2cc1C. The first kappa shape index (κ1) is 14.2. The van der Waals surface area contributed by atoms with Crippen molar-refractivity contribution in [1.29, 1.82) is 0 Å². The van der Waals surface area contributed by atoms with Crippen molar-refractivity contribution >= 4 is 16.9 Å². The maximum atomic E-state index is 12.1. The highest BCUT2D eigenvalue weighted by molar-refractivity contribution is 5.92. The molecule has 0 radical (unpaired) electrons.